The number of halogens is 4. The van der Waals surface area contributed by atoms with Crippen molar-refractivity contribution in [1.82, 2.24) is 9.88 Å². The molecule has 18 heavy (non-hydrogen) atoms. The molecule has 0 aromatic carbocycles. The lowest BCUT2D eigenvalue weighted by atomic mass is 10.2. The van der Waals surface area contributed by atoms with Gasteiger partial charge in [0.1, 0.15) is 6.54 Å². The SMILES string of the molecule is O=C(c1ccnc(F)c1)N(CCO)CC(F)(F)F. The molecule has 1 heterocycles. The first-order valence-corrected chi connectivity index (χ1v) is 4.92. The van der Waals surface area contributed by atoms with E-state index < -0.39 is 37.7 Å². The number of carbonyl (C=O) groups excluding carboxylic acids is 1. The van der Waals surface area contributed by atoms with Crippen LogP contribution in [0.25, 0.3) is 0 Å². The fraction of sp³-hybridized carbons (Fsp3) is 0.400. The van der Waals surface area contributed by atoms with Gasteiger partial charge in [-0.25, -0.2) is 4.98 Å². The minimum atomic E-state index is -4.59. The summed E-state index contributed by atoms with van der Waals surface area (Å²) >= 11 is 0. The highest BCUT2D eigenvalue weighted by molar-refractivity contribution is 5.94. The van der Waals surface area contributed by atoms with Gasteiger partial charge in [0.2, 0.25) is 5.95 Å². The van der Waals surface area contributed by atoms with Gasteiger partial charge in [-0.3, -0.25) is 4.79 Å². The second-order valence-corrected chi connectivity index (χ2v) is 3.43. The summed E-state index contributed by atoms with van der Waals surface area (Å²) in [7, 11) is 0. The van der Waals surface area contributed by atoms with Gasteiger partial charge in [0.25, 0.3) is 5.91 Å². The molecule has 0 fully saturated rings. The monoisotopic (exact) mass is 266 g/mol. The number of pyridine rings is 1. The van der Waals surface area contributed by atoms with Crippen LogP contribution in [-0.2, 0) is 0 Å². The highest BCUT2D eigenvalue weighted by atomic mass is 19.4. The van der Waals surface area contributed by atoms with Gasteiger partial charge >= 0.3 is 6.18 Å². The first-order valence-electron chi connectivity index (χ1n) is 4.92. The zero-order chi connectivity index (χ0) is 13.8. The van der Waals surface area contributed by atoms with E-state index in [2.05, 4.69) is 4.98 Å². The lowest BCUT2D eigenvalue weighted by molar-refractivity contribution is -0.141. The van der Waals surface area contributed by atoms with E-state index in [0.29, 0.717) is 4.90 Å². The van der Waals surface area contributed by atoms with Crippen molar-refractivity contribution in [1.29, 1.82) is 0 Å². The largest absolute Gasteiger partial charge is 0.406 e. The number of hydrogen-bond donors (Lipinski definition) is 1. The van der Waals surface area contributed by atoms with E-state index in [1.54, 1.807) is 0 Å². The summed E-state index contributed by atoms with van der Waals surface area (Å²) in [4.78, 5) is 15.3. The van der Waals surface area contributed by atoms with E-state index in [-0.39, 0.29) is 5.56 Å². The van der Waals surface area contributed by atoms with Crippen LogP contribution in [0, 0.1) is 5.95 Å². The Morgan fingerprint density at radius 1 is 1.44 bits per heavy atom. The van der Waals surface area contributed by atoms with Crippen molar-refractivity contribution in [3.63, 3.8) is 0 Å². The maximum absolute atomic E-state index is 12.8. The molecule has 0 aliphatic carbocycles. The molecule has 1 rings (SSSR count). The van der Waals surface area contributed by atoms with Crippen molar-refractivity contribution in [3.8, 4) is 0 Å². The summed E-state index contributed by atoms with van der Waals surface area (Å²) in [6.07, 6.45) is -3.61. The van der Waals surface area contributed by atoms with Gasteiger partial charge < -0.3 is 10.0 Å². The topological polar surface area (TPSA) is 53.4 Å². The first-order chi connectivity index (χ1) is 8.33. The predicted molar refractivity (Wildman–Crippen MR) is 53.2 cm³/mol. The third-order valence-corrected chi connectivity index (χ3v) is 2.00. The normalized spacial score (nSPS) is 11.4. The lowest BCUT2D eigenvalue weighted by Gasteiger charge is -2.23. The third kappa shape index (κ3) is 4.28. The standard InChI is InChI=1S/C10H10F4N2O2/c11-8-5-7(1-2-15-8)9(18)16(3-4-17)6-10(12,13)14/h1-2,5,17H,3-4,6H2. The van der Waals surface area contributed by atoms with E-state index in [1.807, 2.05) is 0 Å². The van der Waals surface area contributed by atoms with Crippen LogP contribution in [0.1, 0.15) is 10.4 Å². The number of aromatic nitrogens is 1. The number of alkyl halides is 3. The van der Waals surface area contributed by atoms with E-state index in [9.17, 15) is 22.4 Å². The zero-order valence-corrected chi connectivity index (χ0v) is 9.12. The third-order valence-electron chi connectivity index (χ3n) is 2.00. The molecule has 1 aromatic heterocycles. The molecular formula is C10H10F4N2O2. The molecular weight excluding hydrogens is 256 g/mol. The molecule has 0 aliphatic heterocycles. The van der Waals surface area contributed by atoms with E-state index >= 15 is 0 Å². The van der Waals surface area contributed by atoms with Crippen LogP contribution < -0.4 is 0 Å². The number of nitrogens with zero attached hydrogens (tertiary/aromatic N) is 2. The van der Waals surface area contributed by atoms with Gasteiger partial charge in [0.15, 0.2) is 0 Å². The number of rotatable bonds is 4. The summed E-state index contributed by atoms with van der Waals surface area (Å²) in [5.41, 5.74) is -0.250. The van der Waals surface area contributed by atoms with Crippen molar-refractivity contribution < 1.29 is 27.5 Å². The summed E-state index contributed by atoms with van der Waals surface area (Å²) in [6, 6.07) is 1.84. The Kier molecular flexibility index (Phi) is 4.60. The minimum absolute atomic E-state index is 0.250. The molecule has 0 unspecified atom stereocenters. The zero-order valence-electron chi connectivity index (χ0n) is 9.12. The van der Waals surface area contributed by atoms with Gasteiger partial charge in [0, 0.05) is 24.4 Å². The molecule has 0 atom stereocenters. The molecule has 0 saturated heterocycles. The Morgan fingerprint density at radius 2 is 2.11 bits per heavy atom. The fourth-order valence-corrected chi connectivity index (χ4v) is 1.31. The van der Waals surface area contributed by atoms with E-state index in [1.165, 1.54) is 0 Å². The van der Waals surface area contributed by atoms with E-state index in [0.717, 1.165) is 18.3 Å². The Hall–Kier alpha value is -1.70. The Bertz CT molecular complexity index is 423. The Morgan fingerprint density at radius 3 is 2.61 bits per heavy atom. The molecule has 1 amide bonds. The smallest absolute Gasteiger partial charge is 0.395 e. The van der Waals surface area contributed by atoms with Crippen molar-refractivity contribution in [2.75, 3.05) is 19.7 Å². The molecule has 0 radical (unpaired) electrons. The second kappa shape index (κ2) is 5.76. The van der Waals surface area contributed by atoms with Crippen molar-refractivity contribution >= 4 is 5.91 Å². The van der Waals surface area contributed by atoms with E-state index in [4.69, 9.17) is 5.11 Å². The molecule has 0 saturated carbocycles. The molecule has 100 valence electrons. The Balaban J connectivity index is 2.89. The van der Waals surface area contributed by atoms with Crippen LogP contribution in [0.4, 0.5) is 17.6 Å². The molecule has 0 bridgehead atoms. The summed E-state index contributed by atoms with van der Waals surface area (Å²) in [5, 5.41) is 8.64. The molecule has 0 aliphatic rings. The number of hydrogen-bond acceptors (Lipinski definition) is 3. The van der Waals surface area contributed by atoms with Crippen molar-refractivity contribution in [2.45, 2.75) is 6.18 Å². The number of amides is 1. The number of aliphatic hydroxyl groups excluding tert-OH is 1. The highest BCUT2D eigenvalue weighted by Crippen LogP contribution is 2.18. The summed E-state index contributed by atoms with van der Waals surface area (Å²) in [6.45, 7) is -2.60. The van der Waals surface area contributed by atoms with Gasteiger partial charge in [-0.15, -0.1) is 0 Å². The molecule has 0 spiro atoms. The molecule has 4 nitrogen and oxygen atoms in total. The number of aliphatic hydroxyl groups is 1. The molecule has 1 aromatic rings. The maximum Gasteiger partial charge on any atom is 0.406 e. The highest BCUT2D eigenvalue weighted by Gasteiger charge is 2.33. The average Bonchev–Trinajstić information content (AvgIpc) is 2.26. The summed E-state index contributed by atoms with van der Waals surface area (Å²) < 4.78 is 49.4. The average molecular weight is 266 g/mol. The predicted octanol–water partition coefficient (Wildman–Crippen LogP) is 1.22. The quantitative estimate of drug-likeness (QED) is 0.658. The van der Waals surface area contributed by atoms with Gasteiger partial charge in [-0.2, -0.15) is 17.6 Å². The van der Waals surface area contributed by atoms with Crippen molar-refractivity contribution in [3.05, 3.63) is 29.8 Å². The van der Waals surface area contributed by atoms with Crippen LogP contribution in [-0.4, -0.2) is 46.8 Å². The van der Waals surface area contributed by atoms with Crippen LogP contribution in [0.15, 0.2) is 18.3 Å². The first kappa shape index (κ1) is 14.4. The van der Waals surface area contributed by atoms with Crippen LogP contribution in [0.5, 0.6) is 0 Å². The number of carbonyl (C=O) groups is 1. The summed E-state index contributed by atoms with van der Waals surface area (Å²) in [5.74, 6) is -1.97. The van der Waals surface area contributed by atoms with Crippen LogP contribution >= 0.6 is 0 Å². The Labute approximate surface area is 99.9 Å². The molecule has 8 heteroatoms. The van der Waals surface area contributed by atoms with Gasteiger partial charge in [0.05, 0.1) is 6.61 Å². The van der Waals surface area contributed by atoms with Crippen LogP contribution in [0.3, 0.4) is 0 Å². The second-order valence-electron chi connectivity index (χ2n) is 3.43. The van der Waals surface area contributed by atoms with Gasteiger partial charge in [-0.1, -0.05) is 0 Å². The van der Waals surface area contributed by atoms with Crippen LogP contribution in [0.2, 0.25) is 0 Å². The maximum atomic E-state index is 12.8. The minimum Gasteiger partial charge on any atom is -0.395 e. The van der Waals surface area contributed by atoms with Gasteiger partial charge in [-0.05, 0) is 6.07 Å². The van der Waals surface area contributed by atoms with Crippen molar-refractivity contribution in [2.24, 2.45) is 0 Å². The lowest BCUT2D eigenvalue weighted by Crippen LogP contribution is -2.40. The fourth-order valence-electron chi connectivity index (χ4n) is 1.31. The molecule has 1 N–H and O–H groups in total.